The van der Waals surface area contributed by atoms with Crippen LogP contribution in [0.5, 0.6) is 5.88 Å². The predicted octanol–water partition coefficient (Wildman–Crippen LogP) is 3.64. The Bertz CT molecular complexity index is 1360. The number of ether oxygens (including phenoxy) is 1. The van der Waals surface area contributed by atoms with Crippen LogP contribution < -0.4 is 4.74 Å². The number of ketones is 1. The van der Waals surface area contributed by atoms with Gasteiger partial charge in [-0.3, -0.25) is 9.78 Å². The lowest BCUT2D eigenvalue weighted by molar-refractivity contribution is -0.123. The quantitative estimate of drug-likeness (QED) is 0.416. The maximum absolute atomic E-state index is 14.9. The van der Waals surface area contributed by atoms with Crippen molar-refractivity contribution in [2.75, 3.05) is 6.61 Å². The van der Waals surface area contributed by atoms with E-state index in [2.05, 4.69) is 19.9 Å². The molecule has 0 amide bonds. The Morgan fingerprint density at radius 1 is 1.17 bits per heavy atom. The average molecular weight is 499 g/mol. The van der Waals surface area contributed by atoms with Crippen molar-refractivity contribution in [3.05, 3.63) is 65.8 Å². The summed E-state index contributed by atoms with van der Waals surface area (Å²) in [5.74, 6) is -0.521. The number of sulfone groups is 1. The second-order valence-electron chi connectivity index (χ2n) is 9.07. The molecule has 0 radical (unpaired) electrons. The van der Waals surface area contributed by atoms with E-state index in [1.165, 1.54) is 24.7 Å². The molecular weight excluding hydrogens is 471 g/mol. The molecule has 4 rings (SSSR count). The molecule has 1 fully saturated rings. The number of Topliss-reactive ketones (excluding diaryl/α,β-unsaturated/α-hetero) is 1. The minimum absolute atomic E-state index is 0.149. The van der Waals surface area contributed by atoms with Crippen molar-refractivity contribution < 1.29 is 22.3 Å². The number of carbonyl (C=O) groups is 1. The number of aromatic nitrogens is 4. The zero-order chi connectivity index (χ0) is 25.2. The first-order valence-corrected chi connectivity index (χ1v) is 13.1. The predicted molar refractivity (Wildman–Crippen MR) is 128 cm³/mol. The third kappa shape index (κ3) is 5.70. The van der Waals surface area contributed by atoms with Gasteiger partial charge >= 0.3 is 0 Å². The topological polar surface area (TPSA) is 112 Å². The third-order valence-electron chi connectivity index (χ3n) is 6.01. The smallest absolute Gasteiger partial charge is 0.232 e. The number of nitrogens with zero attached hydrogens (tertiary/aromatic N) is 4. The molecule has 0 aliphatic heterocycles. The van der Waals surface area contributed by atoms with Gasteiger partial charge in [0.25, 0.3) is 0 Å². The fraction of sp³-hybridized carbons (Fsp3) is 0.400. The zero-order valence-corrected chi connectivity index (χ0v) is 20.7. The molecule has 1 aromatic carbocycles. The van der Waals surface area contributed by atoms with Crippen LogP contribution in [0, 0.1) is 5.82 Å². The molecule has 0 atom stereocenters. The highest BCUT2D eigenvalue weighted by Gasteiger charge is 2.37. The Morgan fingerprint density at radius 3 is 2.63 bits per heavy atom. The minimum atomic E-state index is -3.29. The molecule has 10 heteroatoms. The molecule has 1 aliphatic rings. The normalized spacial score (nSPS) is 14.1. The monoisotopic (exact) mass is 498 g/mol. The molecule has 0 spiro atoms. The number of carbonyl (C=O) groups excluding carboxylic acids is 1. The maximum Gasteiger partial charge on any atom is 0.232 e. The lowest BCUT2D eigenvalue weighted by atomic mass is 9.81. The summed E-state index contributed by atoms with van der Waals surface area (Å²) in [5.41, 5.74) is 0.556. The van der Waals surface area contributed by atoms with E-state index in [4.69, 9.17) is 4.74 Å². The first kappa shape index (κ1) is 24.8. The Kier molecular flexibility index (Phi) is 6.93. The van der Waals surface area contributed by atoms with E-state index < -0.39 is 21.1 Å². The first-order valence-electron chi connectivity index (χ1n) is 11.4. The Morgan fingerprint density at radius 2 is 1.94 bits per heavy atom. The van der Waals surface area contributed by atoms with E-state index in [1.54, 1.807) is 32.0 Å². The summed E-state index contributed by atoms with van der Waals surface area (Å²) in [6.45, 7) is 5.66. The van der Waals surface area contributed by atoms with E-state index in [0.29, 0.717) is 42.3 Å². The molecule has 8 nitrogen and oxygen atoms in total. The van der Waals surface area contributed by atoms with Gasteiger partial charge in [0.2, 0.25) is 5.88 Å². The first-order chi connectivity index (χ1) is 16.6. The molecule has 184 valence electrons. The third-order valence-corrected chi connectivity index (χ3v) is 8.16. The van der Waals surface area contributed by atoms with Crippen molar-refractivity contribution in [3.63, 3.8) is 0 Å². The van der Waals surface area contributed by atoms with Crippen molar-refractivity contribution in [1.82, 2.24) is 19.9 Å². The van der Waals surface area contributed by atoms with Gasteiger partial charge in [0.1, 0.15) is 23.2 Å². The van der Waals surface area contributed by atoms with E-state index >= 15 is 0 Å². The summed E-state index contributed by atoms with van der Waals surface area (Å²) in [4.78, 5) is 30.0. The summed E-state index contributed by atoms with van der Waals surface area (Å²) in [5, 5.41) is -0.317. The SMILES string of the molecule is CCOc1cncc(-c2ccc(CC(=O)C(C)(C)c3ccnc(CS(=O)(=O)C4CC4)n3)c(F)c2)n1. The van der Waals surface area contributed by atoms with Gasteiger partial charge in [-0.1, -0.05) is 12.1 Å². The van der Waals surface area contributed by atoms with Crippen LogP contribution in [0.4, 0.5) is 4.39 Å². The molecule has 0 unspecified atom stereocenters. The molecular formula is C25H27FN4O4S. The highest BCUT2D eigenvalue weighted by molar-refractivity contribution is 7.91. The van der Waals surface area contributed by atoms with Gasteiger partial charge in [0.05, 0.1) is 41.1 Å². The van der Waals surface area contributed by atoms with Crippen LogP contribution in [0.25, 0.3) is 11.3 Å². The van der Waals surface area contributed by atoms with Crippen molar-refractivity contribution in [2.45, 2.75) is 56.5 Å². The van der Waals surface area contributed by atoms with Gasteiger partial charge in [-0.05, 0) is 51.3 Å². The Labute approximate surface area is 203 Å². The van der Waals surface area contributed by atoms with E-state index in [9.17, 15) is 17.6 Å². The lowest BCUT2D eigenvalue weighted by Gasteiger charge is -2.23. The molecule has 0 N–H and O–H groups in total. The van der Waals surface area contributed by atoms with Crippen LogP contribution in [0.1, 0.15) is 50.7 Å². The lowest BCUT2D eigenvalue weighted by Crippen LogP contribution is -2.32. The summed E-state index contributed by atoms with van der Waals surface area (Å²) in [7, 11) is -3.29. The van der Waals surface area contributed by atoms with Gasteiger partial charge in [-0.15, -0.1) is 0 Å². The van der Waals surface area contributed by atoms with Crippen LogP contribution in [0.15, 0.2) is 42.9 Å². The standard InChI is InChI=1S/C25H27FN4O4S/c1-4-34-24-14-27-13-20(29-24)17-6-5-16(19(26)11-17)12-22(31)25(2,3)21-9-10-28-23(30-21)15-35(32,33)18-7-8-18/h5-6,9-11,13-14,18H,4,7-8,12,15H2,1-3H3. The van der Waals surface area contributed by atoms with Crippen molar-refractivity contribution in [2.24, 2.45) is 0 Å². The number of halogens is 1. The van der Waals surface area contributed by atoms with Gasteiger partial charge in [0, 0.05) is 18.2 Å². The molecule has 0 saturated heterocycles. The van der Waals surface area contributed by atoms with Crippen LogP contribution in [-0.2, 0) is 32.2 Å². The molecule has 2 aromatic heterocycles. The zero-order valence-electron chi connectivity index (χ0n) is 19.9. The van der Waals surface area contributed by atoms with Gasteiger partial charge in [-0.25, -0.2) is 27.8 Å². The Balaban J connectivity index is 1.51. The molecule has 1 aliphatic carbocycles. The average Bonchev–Trinajstić information content (AvgIpc) is 3.67. The largest absolute Gasteiger partial charge is 0.477 e. The number of hydrogen-bond donors (Lipinski definition) is 0. The number of benzene rings is 1. The maximum atomic E-state index is 14.9. The molecule has 0 bridgehead atoms. The molecule has 1 saturated carbocycles. The minimum Gasteiger partial charge on any atom is -0.477 e. The van der Waals surface area contributed by atoms with Gasteiger partial charge < -0.3 is 4.74 Å². The fourth-order valence-corrected chi connectivity index (χ4v) is 5.22. The number of hydrogen-bond acceptors (Lipinski definition) is 8. The summed E-state index contributed by atoms with van der Waals surface area (Å²) in [6.07, 6.45) is 5.65. The van der Waals surface area contributed by atoms with Crippen LogP contribution in [0.2, 0.25) is 0 Å². The summed E-state index contributed by atoms with van der Waals surface area (Å²) in [6, 6.07) is 6.15. The highest BCUT2D eigenvalue weighted by Crippen LogP contribution is 2.31. The van der Waals surface area contributed by atoms with Crippen LogP contribution >= 0.6 is 0 Å². The molecule has 3 aromatic rings. The van der Waals surface area contributed by atoms with E-state index in [1.807, 2.05) is 6.92 Å². The summed E-state index contributed by atoms with van der Waals surface area (Å²) >= 11 is 0. The van der Waals surface area contributed by atoms with Crippen molar-refractivity contribution in [3.8, 4) is 17.1 Å². The highest BCUT2D eigenvalue weighted by atomic mass is 32.2. The van der Waals surface area contributed by atoms with Crippen molar-refractivity contribution in [1.29, 1.82) is 0 Å². The van der Waals surface area contributed by atoms with Crippen molar-refractivity contribution >= 4 is 15.6 Å². The second-order valence-corrected chi connectivity index (χ2v) is 11.4. The number of rotatable bonds is 10. The summed E-state index contributed by atoms with van der Waals surface area (Å²) < 4.78 is 44.9. The Hall–Kier alpha value is -3.27. The van der Waals surface area contributed by atoms with Crippen LogP contribution in [-0.4, -0.2) is 46.0 Å². The molecule has 2 heterocycles. The van der Waals surface area contributed by atoms with Crippen LogP contribution in [0.3, 0.4) is 0 Å². The van der Waals surface area contributed by atoms with E-state index in [-0.39, 0.29) is 34.6 Å². The fourth-order valence-electron chi connectivity index (χ4n) is 3.63. The second kappa shape index (κ2) is 9.77. The van der Waals surface area contributed by atoms with E-state index in [0.717, 1.165) is 0 Å². The van der Waals surface area contributed by atoms with Gasteiger partial charge in [0.15, 0.2) is 9.84 Å². The van der Waals surface area contributed by atoms with Gasteiger partial charge in [-0.2, -0.15) is 0 Å². The molecule has 35 heavy (non-hydrogen) atoms.